The van der Waals surface area contributed by atoms with Gasteiger partial charge in [-0.3, -0.25) is 0 Å². The molecule has 2 aromatic carbocycles. The molecule has 0 radical (unpaired) electrons. The van der Waals surface area contributed by atoms with Crippen molar-refractivity contribution in [3.63, 3.8) is 0 Å². The Morgan fingerprint density at radius 1 is 1.04 bits per heavy atom. The first kappa shape index (κ1) is 18.3. The van der Waals surface area contributed by atoms with E-state index < -0.39 is 0 Å². The van der Waals surface area contributed by atoms with Crippen LogP contribution in [0.5, 0.6) is 5.75 Å². The highest BCUT2D eigenvalue weighted by Crippen LogP contribution is 2.18. The van der Waals surface area contributed by atoms with Gasteiger partial charge in [0.15, 0.2) is 0 Å². The Hall–Kier alpha value is -2.00. The third-order valence-corrected chi connectivity index (χ3v) is 3.92. The molecule has 0 fully saturated rings. The second kappa shape index (κ2) is 9.99. The number of rotatable bonds is 10. The lowest BCUT2D eigenvalue weighted by Gasteiger charge is -2.17. The minimum Gasteiger partial charge on any atom is -0.494 e. The molecule has 0 spiro atoms. The van der Waals surface area contributed by atoms with Crippen molar-refractivity contribution >= 4 is 5.69 Å². The Kier molecular flexibility index (Phi) is 7.63. The van der Waals surface area contributed by atoms with Crippen LogP contribution < -0.4 is 10.1 Å². The molecule has 1 N–H and O–H groups in total. The maximum atomic E-state index is 5.81. The minimum atomic E-state index is 0.673. The fourth-order valence-corrected chi connectivity index (χ4v) is 2.47. The molecule has 0 aliphatic heterocycles. The van der Waals surface area contributed by atoms with Crippen molar-refractivity contribution < 1.29 is 4.74 Å². The van der Waals surface area contributed by atoms with Gasteiger partial charge in [-0.1, -0.05) is 50.2 Å². The summed E-state index contributed by atoms with van der Waals surface area (Å²) in [7, 11) is 2.15. The molecule has 130 valence electrons. The van der Waals surface area contributed by atoms with Gasteiger partial charge in [0, 0.05) is 31.4 Å². The lowest BCUT2D eigenvalue weighted by Crippen LogP contribution is -2.24. The zero-order chi connectivity index (χ0) is 17.2. The second-order valence-corrected chi connectivity index (χ2v) is 6.71. The smallest absolute Gasteiger partial charge is 0.121 e. The van der Waals surface area contributed by atoms with Crippen LogP contribution in [0.15, 0.2) is 54.6 Å². The van der Waals surface area contributed by atoms with Crippen LogP contribution in [0, 0.1) is 5.92 Å². The standard InChI is InChI=1S/C21H30N2O/c1-18(2)12-15-24-21-11-7-10-20(16-21)22-13-14-23(3)17-19-8-5-4-6-9-19/h4-11,16,18,22H,12-15,17H2,1-3H3. The Morgan fingerprint density at radius 3 is 2.58 bits per heavy atom. The average molecular weight is 326 g/mol. The highest BCUT2D eigenvalue weighted by Gasteiger charge is 2.01. The van der Waals surface area contributed by atoms with E-state index in [1.807, 2.05) is 12.1 Å². The van der Waals surface area contributed by atoms with Crippen LogP contribution in [0.2, 0.25) is 0 Å². The van der Waals surface area contributed by atoms with Crippen LogP contribution in [0.1, 0.15) is 25.8 Å². The molecule has 0 heterocycles. The van der Waals surface area contributed by atoms with Gasteiger partial charge in [-0.2, -0.15) is 0 Å². The van der Waals surface area contributed by atoms with Crippen molar-refractivity contribution in [3.05, 3.63) is 60.2 Å². The highest BCUT2D eigenvalue weighted by atomic mass is 16.5. The quantitative estimate of drug-likeness (QED) is 0.687. The van der Waals surface area contributed by atoms with Crippen molar-refractivity contribution in [2.75, 3.05) is 32.1 Å². The normalized spacial score (nSPS) is 11.0. The number of hydrogen-bond donors (Lipinski definition) is 1. The topological polar surface area (TPSA) is 24.5 Å². The zero-order valence-corrected chi connectivity index (χ0v) is 15.2. The van der Waals surface area contributed by atoms with Crippen LogP contribution in [-0.2, 0) is 6.54 Å². The summed E-state index contributed by atoms with van der Waals surface area (Å²) in [6, 6.07) is 18.8. The van der Waals surface area contributed by atoms with E-state index in [9.17, 15) is 0 Å². The third kappa shape index (κ3) is 7.05. The molecular formula is C21H30N2O. The van der Waals surface area contributed by atoms with Gasteiger partial charge in [-0.05, 0) is 37.1 Å². The lowest BCUT2D eigenvalue weighted by molar-refractivity contribution is 0.289. The molecule has 0 saturated heterocycles. The first-order valence-corrected chi connectivity index (χ1v) is 8.82. The first-order chi connectivity index (χ1) is 11.6. The molecule has 24 heavy (non-hydrogen) atoms. The molecule has 0 atom stereocenters. The van der Waals surface area contributed by atoms with Crippen LogP contribution >= 0.6 is 0 Å². The molecule has 0 saturated carbocycles. The van der Waals surface area contributed by atoms with E-state index in [4.69, 9.17) is 4.74 Å². The van der Waals surface area contributed by atoms with E-state index in [-0.39, 0.29) is 0 Å². The number of benzene rings is 2. The molecule has 0 amide bonds. The highest BCUT2D eigenvalue weighted by molar-refractivity contribution is 5.48. The van der Waals surface area contributed by atoms with E-state index >= 15 is 0 Å². The Morgan fingerprint density at radius 2 is 1.83 bits per heavy atom. The van der Waals surface area contributed by atoms with Crippen LogP contribution in [0.25, 0.3) is 0 Å². The number of hydrogen-bond acceptors (Lipinski definition) is 3. The largest absolute Gasteiger partial charge is 0.494 e. The van der Waals surface area contributed by atoms with Crippen molar-refractivity contribution in [2.24, 2.45) is 5.92 Å². The summed E-state index contributed by atoms with van der Waals surface area (Å²) < 4.78 is 5.81. The van der Waals surface area contributed by atoms with Gasteiger partial charge >= 0.3 is 0 Å². The molecule has 0 aliphatic carbocycles. The molecular weight excluding hydrogens is 296 g/mol. The zero-order valence-electron chi connectivity index (χ0n) is 15.2. The summed E-state index contributed by atoms with van der Waals surface area (Å²) >= 11 is 0. The van der Waals surface area contributed by atoms with Gasteiger partial charge in [0.25, 0.3) is 0 Å². The summed E-state index contributed by atoms with van der Waals surface area (Å²) in [5.74, 6) is 1.62. The van der Waals surface area contributed by atoms with Crippen molar-refractivity contribution in [1.29, 1.82) is 0 Å². The molecule has 0 unspecified atom stereocenters. The number of nitrogens with one attached hydrogen (secondary N) is 1. The minimum absolute atomic E-state index is 0.673. The van der Waals surface area contributed by atoms with Gasteiger partial charge in [-0.15, -0.1) is 0 Å². The van der Waals surface area contributed by atoms with Gasteiger partial charge in [0.05, 0.1) is 6.61 Å². The third-order valence-electron chi connectivity index (χ3n) is 3.92. The van der Waals surface area contributed by atoms with Crippen LogP contribution in [0.4, 0.5) is 5.69 Å². The fourth-order valence-electron chi connectivity index (χ4n) is 2.47. The van der Waals surface area contributed by atoms with E-state index in [1.54, 1.807) is 0 Å². The Labute approximate surface area is 146 Å². The van der Waals surface area contributed by atoms with Gasteiger partial charge < -0.3 is 15.0 Å². The summed E-state index contributed by atoms with van der Waals surface area (Å²) in [5.41, 5.74) is 2.46. The maximum Gasteiger partial charge on any atom is 0.121 e. The number of anilines is 1. The monoisotopic (exact) mass is 326 g/mol. The molecule has 0 bridgehead atoms. The van der Waals surface area contributed by atoms with Gasteiger partial charge in [0.2, 0.25) is 0 Å². The van der Waals surface area contributed by atoms with Crippen molar-refractivity contribution in [1.82, 2.24) is 4.90 Å². The van der Waals surface area contributed by atoms with E-state index in [0.29, 0.717) is 5.92 Å². The van der Waals surface area contributed by atoms with Gasteiger partial charge in [0.1, 0.15) is 5.75 Å². The summed E-state index contributed by atoms with van der Waals surface area (Å²) in [4.78, 5) is 2.32. The van der Waals surface area contributed by atoms with Crippen LogP contribution in [0.3, 0.4) is 0 Å². The predicted octanol–water partition coefficient (Wildman–Crippen LogP) is 4.66. The molecule has 2 aromatic rings. The molecule has 3 nitrogen and oxygen atoms in total. The predicted molar refractivity (Wildman–Crippen MR) is 103 cm³/mol. The SMILES string of the molecule is CC(C)CCOc1cccc(NCCN(C)Cc2ccccc2)c1. The summed E-state index contributed by atoms with van der Waals surface area (Å²) in [6.07, 6.45) is 1.09. The Bertz CT molecular complexity index is 583. The maximum absolute atomic E-state index is 5.81. The number of ether oxygens (including phenoxy) is 1. The first-order valence-electron chi connectivity index (χ1n) is 8.82. The fraction of sp³-hybridized carbons (Fsp3) is 0.429. The molecule has 0 aliphatic rings. The van der Waals surface area contributed by atoms with Crippen molar-refractivity contribution in [2.45, 2.75) is 26.8 Å². The summed E-state index contributed by atoms with van der Waals surface area (Å²) in [6.45, 7) is 8.09. The summed E-state index contributed by atoms with van der Waals surface area (Å²) in [5, 5.41) is 3.48. The number of nitrogens with zero attached hydrogens (tertiary/aromatic N) is 1. The van der Waals surface area contributed by atoms with E-state index in [1.165, 1.54) is 5.56 Å². The van der Waals surface area contributed by atoms with Gasteiger partial charge in [-0.25, -0.2) is 0 Å². The Balaban J connectivity index is 1.71. The molecule has 3 heteroatoms. The van der Waals surface area contributed by atoms with Crippen LogP contribution in [-0.4, -0.2) is 31.6 Å². The number of likely N-dealkylation sites (N-methyl/N-ethyl adjacent to an activating group) is 1. The second-order valence-electron chi connectivity index (χ2n) is 6.71. The molecule has 0 aromatic heterocycles. The van der Waals surface area contributed by atoms with Crippen molar-refractivity contribution in [3.8, 4) is 5.75 Å². The average Bonchev–Trinajstić information content (AvgIpc) is 2.56. The molecule has 2 rings (SSSR count). The van der Waals surface area contributed by atoms with E-state index in [0.717, 1.165) is 44.1 Å². The lowest BCUT2D eigenvalue weighted by atomic mass is 10.1. The van der Waals surface area contributed by atoms with E-state index in [2.05, 4.69) is 73.6 Å².